The Morgan fingerprint density at radius 1 is 0.962 bits per heavy atom. The highest BCUT2D eigenvalue weighted by Gasteiger charge is 2.10. The molecule has 2 aromatic rings. The maximum Gasteiger partial charge on any atom is 0.349 e. The predicted molar refractivity (Wildman–Crippen MR) is 95.6 cm³/mol. The van der Waals surface area contributed by atoms with E-state index in [4.69, 9.17) is 18.9 Å². The highest BCUT2D eigenvalue weighted by Crippen LogP contribution is 2.19. The van der Waals surface area contributed by atoms with Crippen LogP contribution in [0.3, 0.4) is 0 Å². The van der Waals surface area contributed by atoms with Crippen LogP contribution in [0.1, 0.15) is 21.5 Å². The molecule has 26 heavy (non-hydrogen) atoms. The van der Waals surface area contributed by atoms with Crippen LogP contribution in [0.5, 0.6) is 11.5 Å². The predicted octanol–water partition coefficient (Wildman–Crippen LogP) is 3.09. The molecule has 0 saturated carbocycles. The van der Waals surface area contributed by atoms with Gasteiger partial charge < -0.3 is 18.9 Å². The Labute approximate surface area is 152 Å². The average Bonchev–Trinajstić information content (AvgIpc) is 2.63. The van der Waals surface area contributed by atoms with Crippen LogP contribution in [-0.4, -0.2) is 38.9 Å². The Morgan fingerprint density at radius 3 is 2.38 bits per heavy atom. The fourth-order valence-corrected chi connectivity index (χ4v) is 2.12. The summed E-state index contributed by atoms with van der Waals surface area (Å²) in [6, 6.07) is 11.9. The number of aryl methyl sites for hydroxylation is 2. The van der Waals surface area contributed by atoms with Crippen LogP contribution in [0.15, 0.2) is 42.5 Å². The number of rotatable bonds is 8. The van der Waals surface area contributed by atoms with E-state index in [1.807, 2.05) is 32.0 Å². The van der Waals surface area contributed by atoms with E-state index >= 15 is 0 Å². The van der Waals surface area contributed by atoms with Crippen LogP contribution < -0.4 is 9.47 Å². The van der Waals surface area contributed by atoms with E-state index in [9.17, 15) is 9.59 Å². The van der Waals surface area contributed by atoms with Gasteiger partial charge in [0.2, 0.25) is 0 Å². The van der Waals surface area contributed by atoms with Crippen molar-refractivity contribution >= 4 is 11.9 Å². The molecule has 0 heterocycles. The van der Waals surface area contributed by atoms with E-state index in [0.717, 1.165) is 11.1 Å². The summed E-state index contributed by atoms with van der Waals surface area (Å²) in [6.45, 7) is 4.17. The number of esters is 2. The second kappa shape index (κ2) is 9.58. The molecular weight excluding hydrogens is 336 g/mol. The molecule has 0 aromatic heterocycles. The fraction of sp³-hybridized carbons (Fsp3) is 0.300. The molecule has 0 bridgehead atoms. The standard InChI is InChI=1S/C20H22O6/c1-14-4-5-15(2)18(12-14)25-13-19(21)26-17-8-6-16(7-9-17)20(22)24-11-10-23-3/h4-9,12H,10-11,13H2,1-3H3. The number of hydrogen-bond donors (Lipinski definition) is 0. The van der Waals surface area contributed by atoms with Crippen molar-refractivity contribution < 1.29 is 28.5 Å². The van der Waals surface area contributed by atoms with Gasteiger partial charge in [0.25, 0.3) is 0 Å². The largest absolute Gasteiger partial charge is 0.482 e. The van der Waals surface area contributed by atoms with E-state index in [-0.39, 0.29) is 13.2 Å². The third kappa shape index (κ3) is 5.89. The Morgan fingerprint density at radius 2 is 1.69 bits per heavy atom. The van der Waals surface area contributed by atoms with Crippen LogP contribution in [-0.2, 0) is 14.3 Å². The minimum absolute atomic E-state index is 0.182. The highest BCUT2D eigenvalue weighted by atomic mass is 16.6. The first kappa shape index (κ1) is 19.5. The molecule has 6 nitrogen and oxygen atoms in total. The van der Waals surface area contributed by atoms with Gasteiger partial charge in [-0.05, 0) is 55.3 Å². The number of carbonyl (C=O) groups excluding carboxylic acids is 2. The minimum atomic E-state index is -0.527. The molecule has 138 valence electrons. The molecule has 6 heteroatoms. The normalized spacial score (nSPS) is 10.3. The van der Waals surface area contributed by atoms with Gasteiger partial charge in [-0.3, -0.25) is 0 Å². The van der Waals surface area contributed by atoms with Gasteiger partial charge in [0.05, 0.1) is 12.2 Å². The molecule has 0 aliphatic heterocycles. The molecule has 0 atom stereocenters. The molecule has 0 radical (unpaired) electrons. The first-order chi connectivity index (χ1) is 12.5. The molecule has 0 N–H and O–H groups in total. The van der Waals surface area contributed by atoms with Crippen molar-refractivity contribution in [3.63, 3.8) is 0 Å². The van der Waals surface area contributed by atoms with Crippen molar-refractivity contribution in [1.29, 1.82) is 0 Å². The summed E-state index contributed by atoms with van der Waals surface area (Å²) in [5.41, 5.74) is 2.36. The third-order valence-corrected chi connectivity index (χ3v) is 3.53. The number of methoxy groups -OCH3 is 1. The summed E-state index contributed by atoms with van der Waals surface area (Å²) in [4.78, 5) is 23.7. The Hall–Kier alpha value is -2.86. The Kier molecular flexibility index (Phi) is 7.17. The lowest BCUT2D eigenvalue weighted by molar-refractivity contribution is -0.136. The van der Waals surface area contributed by atoms with Crippen LogP contribution in [0.2, 0.25) is 0 Å². The van der Waals surface area contributed by atoms with Crippen molar-refractivity contribution in [3.05, 3.63) is 59.2 Å². The van der Waals surface area contributed by atoms with Crippen molar-refractivity contribution in [2.24, 2.45) is 0 Å². The monoisotopic (exact) mass is 358 g/mol. The molecular formula is C20H22O6. The molecule has 0 aliphatic carbocycles. The van der Waals surface area contributed by atoms with Gasteiger partial charge in [-0.1, -0.05) is 12.1 Å². The van der Waals surface area contributed by atoms with Crippen LogP contribution in [0.25, 0.3) is 0 Å². The zero-order valence-electron chi connectivity index (χ0n) is 15.1. The Bertz CT molecular complexity index is 751. The molecule has 0 fully saturated rings. The third-order valence-electron chi connectivity index (χ3n) is 3.53. The van der Waals surface area contributed by atoms with E-state index in [2.05, 4.69) is 0 Å². The van der Waals surface area contributed by atoms with E-state index in [1.54, 1.807) is 0 Å². The minimum Gasteiger partial charge on any atom is -0.482 e. The maximum atomic E-state index is 11.9. The zero-order valence-corrected chi connectivity index (χ0v) is 15.1. The smallest absolute Gasteiger partial charge is 0.349 e. The van der Waals surface area contributed by atoms with Crippen molar-refractivity contribution in [2.75, 3.05) is 26.9 Å². The van der Waals surface area contributed by atoms with Gasteiger partial charge in [-0.2, -0.15) is 0 Å². The zero-order chi connectivity index (χ0) is 18.9. The molecule has 0 aliphatic rings. The van der Waals surface area contributed by atoms with Gasteiger partial charge in [-0.15, -0.1) is 0 Å². The number of ether oxygens (including phenoxy) is 4. The molecule has 0 spiro atoms. The van der Waals surface area contributed by atoms with Gasteiger partial charge in [-0.25, -0.2) is 9.59 Å². The van der Waals surface area contributed by atoms with Gasteiger partial charge in [0.15, 0.2) is 6.61 Å². The lowest BCUT2D eigenvalue weighted by atomic mass is 10.1. The van der Waals surface area contributed by atoms with Crippen LogP contribution in [0, 0.1) is 13.8 Å². The fourth-order valence-electron chi connectivity index (χ4n) is 2.12. The summed E-state index contributed by atoms with van der Waals surface area (Å²) in [6.07, 6.45) is 0. The average molecular weight is 358 g/mol. The maximum absolute atomic E-state index is 11.9. The van der Waals surface area contributed by atoms with E-state index in [0.29, 0.717) is 23.7 Å². The summed E-state index contributed by atoms with van der Waals surface area (Å²) in [5, 5.41) is 0. The number of hydrogen-bond acceptors (Lipinski definition) is 6. The van der Waals surface area contributed by atoms with Gasteiger partial charge in [0, 0.05) is 7.11 Å². The summed E-state index contributed by atoms with van der Waals surface area (Å²) in [7, 11) is 1.53. The van der Waals surface area contributed by atoms with Crippen molar-refractivity contribution in [2.45, 2.75) is 13.8 Å². The van der Waals surface area contributed by atoms with Crippen molar-refractivity contribution in [1.82, 2.24) is 0 Å². The van der Waals surface area contributed by atoms with Gasteiger partial charge >= 0.3 is 11.9 Å². The molecule has 2 aromatic carbocycles. The first-order valence-electron chi connectivity index (χ1n) is 8.16. The first-order valence-corrected chi connectivity index (χ1v) is 8.16. The lowest BCUT2D eigenvalue weighted by Gasteiger charge is -2.10. The summed E-state index contributed by atoms with van der Waals surface area (Å²) in [5.74, 6) is -0.0105. The second-order valence-electron chi connectivity index (χ2n) is 5.68. The molecule has 2 rings (SSSR count). The SMILES string of the molecule is COCCOC(=O)c1ccc(OC(=O)COc2cc(C)ccc2C)cc1. The van der Waals surface area contributed by atoms with Crippen LogP contribution >= 0.6 is 0 Å². The summed E-state index contributed by atoms with van der Waals surface area (Å²) < 4.78 is 20.5. The van der Waals surface area contributed by atoms with Gasteiger partial charge in [0.1, 0.15) is 18.1 Å². The highest BCUT2D eigenvalue weighted by molar-refractivity contribution is 5.89. The lowest BCUT2D eigenvalue weighted by Crippen LogP contribution is -2.18. The summed E-state index contributed by atoms with van der Waals surface area (Å²) >= 11 is 0. The Balaban J connectivity index is 1.85. The van der Waals surface area contributed by atoms with E-state index in [1.165, 1.54) is 31.4 Å². The number of benzene rings is 2. The molecule has 0 amide bonds. The second-order valence-corrected chi connectivity index (χ2v) is 5.68. The quantitative estimate of drug-likeness (QED) is 0.410. The molecule has 0 unspecified atom stereocenters. The van der Waals surface area contributed by atoms with E-state index < -0.39 is 11.9 Å². The number of carbonyl (C=O) groups is 2. The topological polar surface area (TPSA) is 71.1 Å². The molecule has 0 saturated heterocycles. The van der Waals surface area contributed by atoms with Crippen molar-refractivity contribution in [3.8, 4) is 11.5 Å². The van der Waals surface area contributed by atoms with Crippen LogP contribution in [0.4, 0.5) is 0 Å².